The van der Waals surface area contributed by atoms with E-state index in [4.69, 9.17) is 0 Å². The molecule has 0 amide bonds. The largest absolute Gasteiger partial charge is 0.416 e. The van der Waals surface area contributed by atoms with Crippen LogP contribution >= 0.6 is 0 Å². The Labute approximate surface area is 74.3 Å². The summed E-state index contributed by atoms with van der Waals surface area (Å²) in [7, 11) is 0. The molecule has 0 spiro atoms. The van der Waals surface area contributed by atoms with Crippen molar-refractivity contribution >= 4 is 0 Å². The molecule has 0 aromatic heterocycles. The van der Waals surface area contributed by atoms with Crippen molar-refractivity contribution in [1.29, 1.82) is 0 Å². The predicted molar refractivity (Wildman–Crippen MR) is 43.8 cm³/mol. The van der Waals surface area contributed by atoms with Gasteiger partial charge in [0.15, 0.2) is 0 Å². The van der Waals surface area contributed by atoms with Crippen LogP contribution in [0.5, 0.6) is 0 Å². The molecule has 0 aliphatic rings. The van der Waals surface area contributed by atoms with Gasteiger partial charge in [-0.2, -0.15) is 13.2 Å². The minimum absolute atomic E-state index is 0.0219. The van der Waals surface area contributed by atoms with Crippen LogP contribution in [0.15, 0.2) is 35.7 Å². The van der Waals surface area contributed by atoms with Crippen LogP contribution in [-0.4, -0.2) is 6.18 Å². The molecule has 0 fully saturated rings. The van der Waals surface area contributed by atoms with E-state index in [-0.39, 0.29) is 5.57 Å². The van der Waals surface area contributed by atoms with Crippen LogP contribution < -0.4 is 0 Å². The van der Waals surface area contributed by atoms with Crippen molar-refractivity contribution in [2.75, 3.05) is 0 Å². The van der Waals surface area contributed by atoms with Gasteiger partial charge in [-0.05, 0) is 25.5 Å². The standard InChI is InChI=1S/C9H10F4/c1-4-6(2)8(5-7(3)10)9(11,12)13/h4-5H,3H2,1-2H3/b6-4-,8-5+. The second kappa shape index (κ2) is 4.25. The quantitative estimate of drug-likeness (QED) is 0.461. The van der Waals surface area contributed by atoms with Crippen molar-refractivity contribution in [1.82, 2.24) is 0 Å². The van der Waals surface area contributed by atoms with Gasteiger partial charge >= 0.3 is 6.18 Å². The van der Waals surface area contributed by atoms with Gasteiger partial charge in [0.25, 0.3) is 0 Å². The van der Waals surface area contributed by atoms with Crippen molar-refractivity contribution in [2.24, 2.45) is 0 Å². The fraction of sp³-hybridized carbons (Fsp3) is 0.333. The zero-order valence-corrected chi connectivity index (χ0v) is 7.37. The molecule has 0 aromatic carbocycles. The molecule has 0 radical (unpaired) electrons. The fourth-order valence-corrected chi connectivity index (χ4v) is 0.731. The van der Waals surface area contributed by atoms with Crippen LogP contribution in [0.25, 0.3) is 0 Å². The minimum atomic E-state index is -4.54. The molecule has 0 rings (SSSR count). The highest BCUT2D eigenvalue weighted by Gasteiger charge is 2.34. The van der Waals surface area contributed by atoms with Crippen LogP contribution in [0.4, 0.5) is 17.6 Å². The van der Waals surface area contributed by atoms with Crippen LogP contribution in [0.3, 0.4) is 0 Å². The third-order valence-corrected chi connectivity index (χ3v) is 1.46. The normalized spacial score (nSPS) is 14.6. The topological polar surface area (TPSA) is 0 Å². The number of rotatable bonds is 2. The summed E-state index contributed by atoms with van der Waals surface area (Å²) in [6.07, 6.45) is -2.89. The summed E-state index contributed by atoms with van der Waals surface area (Å²) < 4.78 is 48.8. The van der Waals surface area contributed by atoms with Crippen LogP contribution in [0.2, 0.25) is 0 Å². The first kappa shape index (κ1) is 11.9. The molecule has 0 aliphatic carbocycles. The lowest BCUT2D eigenvalue weighted by atomic mass is 10.1. The predicted octanol–water partition coefficient (Wildman–Crippen LogP) is 3.92. The number of halogens is 4. The van der Waals surface area contributed by atoms with E-state index in [1.54, 1.807) is 0 Å². The molecule has 0 nitrogen and oxygen atoms in total. The van der Waals surface area contributed by atoms with Crippen molar-refractivity contribution in [3.8, 4) is 0 Å². The van der Waals surface area contributed by atoms with E-state index >= 15 is 0 Å². The van der Waals surface area contributed by atoms with Gasteiger partial charge in [0, 0.05) is 0 Å². The van der Waals surface area contributed by atoms with E-state index in [2.05, 4.69) is 6.58 Å². The summed E-state index contributed by atoms with van der Waals surface area (Å²) in [6, 6.07) is 0. The summed E-state index contributed by atoms with van der Waals surface area (Å²) >= 11 is 0. The van der Waals surface area contributed by atoms with Gasteiger partial charge in [0.2, 0.25) is 0 Å². The lowest BCUT2D eigenvalue weighted by Crippen LogP contribution is -2.12. The summed E-state index contributed by atoms with van der Waals surface area (Å²) in [5, 5.41) is 0. The lowest BCUT2D eigenvalue weighted by molar-refractivity contribution is -0.0894. The maximum Gasteiger partial charge on any atom is 0.416 e. The maximum atomic E-state index is 12.2. The Morgan fingerprint density at radius 2 is 1.77 bits per heavy atom. The molecule has 4 heteroatoms. The lowest BCUT2D eigenvalue weighted by Gasteiger charge is -2.11. The molecule has 0 unspecified atom stereocenters. The number of allylic oxidation sites excluding steroid dienone is 5. The highest BCUT2D eigenvalue weighted by molar-refractivity contribution is 5.36. The summed E-state index contributed by atoms with van der Waals surface area (Å²) in [4.78, 5) is 0. The van der Waals surface area contributed by atoms with Gasteiger partial charge in [0.1, 0.15) is 5.83 Å². The summed E-state index contributed by atoms with van der Waals surface area (Å²) in [6.45, 7) is 5.48. The molecular weight excluding hydrogens is 184 g/mol. The summed E-state index contributed by atoms with van der Waals surface area (Å²) in [5.41, 5.74) is -1.02. The molecule has 74 valence electrons. The highest BCUT2D eigenvalue weighted by atomic mass is 19.4. The monoisotopic (exact) mass is 194 g/mol. The smallest absolute Gasteiger partial charge is 0.208 e. The highest BCUT2D eigenvalue weighted by Crippen LogP contribution is 2.31. The van der Waals surface area contributed by atoms with Gasteiger partial charge in [-0.25, -0.2) is 4.39 Å². The van der Waals surface area contributed by atoms with E-state index in [0.29, 0.717) is 6.08 Å². The second-order valence-electron chi connectivity index (χ2n) is 2.47. The van der Waals surface area contributed by atoms with E-state index < -0.39 is 17.6 Å². The van der Waals surface area contributed by atoms with E-state index in [1.807, 2.05) is 0 Å². The first-order chi connectivity index (χ1) is 5.79. The van der Waals surface area contributed by atoms with Crippen LogP contribution in [0, 0.1) is 0 Å². The molecule has 0 heterocycles. The second-order valence-corrected chi connectivity index (χ2v) is 2.47. The van der Waals surface area contributed by atoms with Gasteiger partial charge in [0.05, 0.1) is 5.57 Å². The molecule has 0 saturated carbocycles. The zero-order valence-electron chi connectivity index (χ0n) is 7.37. The first-order valence-electron chi connectivity index (χ1n) is 3.55. The van der Waals surface area contributed by atoms with Gasteiger partial charge in [-0.1, -0.05) is 12.7 Å². The van der Waals surface area contributed by atoms with Crippen molar-refractivity contribution in [2.45, 2.75) is 20.0 Å². The van der Waals surface area contributed by atoms with Crippen LogP contribution in [-0.2, 0) is 0 Å². The Bertz CT molecular complexity index is 255. The van der Waals surface area contributed by atoms with Gasteiger partial charge < -0.3 is 0 Å². The third-order valence-electron chi connectivity index (χ3n) is 1.46. The SMILES string of the molecule is C=C(F)/C=C(\C(C)=C/C)C(F)(F)F. The Balaban J connectivity index is 5.12. The molecule has 0 aromatic rings. The molecule has 0 atom stereocenters. The third kappa shape index (κ3) is 3.92. The molecule has 13 heavy (non-hydrogen) atoms. The minimum Gasteiger partial charge on any atom is -0.208 e. The average Bonchev–Trinajstić information content (AvgIpc) is 1.96. The van der Waals surface area contributed by atoms with Crippen LogP contribution in [0.1, 0.15) is 13.8 Å². The first-order valence-corrected chi connectivity index (χ1v) is 3.55. The van der Waals surface area contributed by atoms with E-state index in [9.17, 15) is 17.6 Å². The van der Waals surface area contributed by atoms with E-state index in [0.717, 1.165) is 0 Å². The van der Waals surface area contributed by atoms with Crippen molar-refractivity contribution < 1.29 is 17.6 Å². The molecular formula is C9H10F4. The van der Waals surface area contributed by atoms with E-state index in [1.165, 1.54) is 19.9 Å². The summed E-state index contributed by atoms with van der Waals surface area (Å²) in [5.74, 6) is -1.10. The molecule has 0 N–H and O–H groups in total. The molecule has 0 saturated heterocycles. The van der Waals surface area contributed by atoms with Crippen molar-refractivity contribution in [3.63, 3.8) is 0 Å². The molecule has 0 aliphatic heterocycles. The Hall–Kier alpha value is -1.06. The number of hydrogen-bond acceptors (Lipinski definition) is 0. The number of alkyl halides is 3. The fourth-order valence-electron chi connectivity index (χ4n) is 0.731. The van der Waals surface area contributed by atoms with Gasteiger partial charge in [-0.3, -0.25) is 0 Å². The zero-order chi connectivity index (χ0) is 10.6. The Morgan fingerprint density at radius 1 is 1.31 bits per heavy atom. The Morgan fingerprint density at radius 3 is 2.00 bits per heavy atom. The Kier molecular flexibility index (Phi) is 3.91. The average molecular weight is 194 g/mol. The maximum absolute atomic E-state index is 12.2. The number of hydrogen-bond donors (Lipinski definition) is 0. The van der Waals surface area contributed by atoms with Crippen molar-refractivity contribution in [3.05, 3.63) is 35.7 Å². The van der Waals surface area contributed by atoms with Gasteiger partial charge in [-0.15, -0.1) is 0 Å². The molecule has 0 bridgehead atoms.